The van der Waals surface area contributed by atoms with Gasteiger partial charge in [-0.25, -0.2) is 13.1 Å². The second-order valence-corrected chi connectivity index (χ2v) is 7.32. The number of aryl methyl sites for hydroxylation is 1. The highest BCUT2D eigenvalue weighted by atomic mass is 32.2. The predicted molar refractivity (Wildman–Crippen MR) is 83.4 cm³/mol. The molecule has 0 atom stereocenters. The number of benzene rings is 1. The average molecular weight is 329 g/mol. The van der Waals surface area contributed by atoms with Crippen molar-refractivity contribution in [3.63, 3.8) is 0 Å². The third kappa shape index (κ3) is 5.24. The van der Waals surface area contributed by atoms with Gasteiger partial charge in [0.1, 0.15) is 5.75 Å². The van der Waals surface area contributed by atoms with Crippen molar-refractivity contribution in [3.05, 3.63) is 29.8 Å². The Kier molecular flexibility index (Phi) is 5.80. The standard InChI is InChI=1S/C15H23NO5S/c1-15(20-9-10-21-15)7-8-16-22(17,18)11-6-13-4-3-5-14(12-13)19-2/h3-5,12,16H,6-11H2,1-2H3. The molecule has 1 N–H and O–H groups in total. The molecule has 2 rings (SSSR count). The Labute approximate surface area is 131 Å². The second kappa shape index (κ2) is 7.41. The van der Waals surface area contributed by atoms with Crippen LogP contribution < -0.4 is 9.46 Å². The fourth-order valence-electron chi connectivity index (χ4n) is 2.29. The van der Waals surface area contributed by atoms with Gasteiger partial charge < -0.3 is 14.2 Å². The molecule has 0 spiro atoms. The lowest BCUT2D eigenvalue weighted by Gasteiger charge is -2.22. The number of methoxy groups -OCH3 is 1. The van der Waals surface area contributed by atoms with Crippen LogP contribution in [0.4, 0.5) is 0 Å². The van der Waals surface area contributed by atoms with Gasteiger partial charge in [0.15, 0.2) is 5.79 Å². The van der Waals surface area contributed by atoms with Gasteiger partial charge >= 0.3 is 0 Å². The Balaban J connectivity index is 1.78. The monoisotopic (exact) mass is 329 g/mol. The van der Waals surface area contributed by atoms with Gasteiger partial charge in [-0.2, -0.15) is 0 Å². The number of rotatable bonds is 8. The van der Waals surface area contributed by atoms with Crippen molar-refractivity contribution in [1.29, 1.82) is 0 Å². The molecule has 1 saturated heterocycles. The molecule has 1 aliphatic rings. The van der Waals surface area contributed by atoms with Crippen LogP contribution in [0.25, 0.3) is 0 Å². The smallest absolute Gasteiger partial charge is 0.211 e. The maximum atomic E-state index is 12.0. The summed E-state index contributed by atoms with van der Waals surface area (Å²) in [5.74, 6) is 0.0970. The molecule has 1 heterocycles. The number of nitrogens with one attached hydrogen (secondary N) is 1. The Morgan fingerprint density at radius 1 is 1.32 bits per heavy atom. The van der Waals surface area contributed by atoms with Crippen LogP contribution in [-0.4, -0.2) is 46.8 Å². The summed E-state index contributed by atoms with van der Waals surface area (Å²) >= 11 is 0. The summed E-state index contributed by atoms with van der Waals surface area (Å²) in [5.41, 5.74) is 0.930. The van der Waals surface area contributed by atoms with Crippen LogP contribution in [0.2, 0.25) is 0 Å². The first kappa shape index (κ1) is 17.2. The molecule has 7 heteroatoms. The first-order valence-corrected chi connectivity index (χ1v) is 8.96. The topological polar surface area (TPSA) is 73.9 Å². The van der Waals surface area contributed by atoms with Crippen molar-refractivity contribution in [2.75, 3.05) is 32.6 Å². The minimum Gasteiger partial charge on any atom is -0.497 e. The molecule has 0 unspecified atom stereocenters. The van der Waals surface area contributed by atoms with Gasteiger partial charge in [-0.1, -0.05) is 12.1 Å². The summed E-state index contributed by atoms with van der Waals surface area (Å²) in [7, 11) is -1.73. The lowest BCUT2D eigenvalue weighted by Crippen LogP contribution is -2.34. The summed E-state index contributed by atoms with van der Waals surface area (Å²) in [6, 6.07) is 7.42. The Morgan fingerprint density at radius 2 is 2.05 bits per heavy atom. The van der Waals surface area contributed by atoms with E-state index in [1.165, 1.54) is 0 Å². The lowest BCUT2D eigenvalue weighted by atomic mass is 10.2. The van der Waals surface area contributed by atoms with Crippen LogP contribution >= 0.6 is 0 Å². The van der Waals surface area contributed by atoms with Crippen molar-refractivity contribution >= 4 is 10.0 Å². The van der Waals surface area contributed by atoms with E-state index < -0.39 is 15.8 Å². The molecule has 6 nitrogen and oxygen atoms in total. The highest BCUT2D eigenvalue weighted by molar-refractivity contribution is 7.89. The maximum absolute atomic E-state index is 12.0. The van der Waals surface area contributed by atoms with Crippen LogP contribution in [0.3, 0.4) is 0 Å². The summed E-state index contributed by atoms with van der Waals surface area (Å²) < 4.78 is 42.6. The molecule has 22 heavy (non-hydrogen) atoms. The van der Waals surface area contributed by atoms with Crippen LogP contribution in [-0.2, 0) is 25.9 Å². The van der Waals surface area contributed by atoms with E-state index in [4.69, 9.17) is 14.2 Å². The maximum Gasteiger partial charge on any atom is 0.211 e. The highest BCUT2D eigenvalue weighted by Gasteiger charge is 2.30. The van der Waals surface area contributed by atoms with E-state index >= 15 is 0 Å². The zero-order valence-electron chi connectivity index (χ0n) is 13.0. The van der Waals surface area contributed by atoms with Crippen molar-refractivity contribution < 1.29 is 22.6 Å². The minimum atomic E-state index is -3.32. The Morgan fingerprint density at radius 3 is 2.73 bits per heavy atom. The van der Waals surface area contributed by atoms with Crippen LogP contribution in [0.15, 0.2) is 24.3 Å². The van der Waals surface area contributed by atoms with E-state index in [0.29, 0.717) is 32.6 Å². The number of hydrogen-bond acceptors (Lipinski definition) is 5. The second-order valence-electron chi connectivity index (χ2n) is 5.40. The molecule has 124 valence electrons. The first-order valence-electron chi connectivity index (χ1n) is 7.31. The SMILES string of the molecule is COc1cccc(CCS(=O)(=O)NCCC2(C)OCCO2)c1. The Hall–Kier alpha value is -1.15. The predicted octanol–water partition coefficient (Wildman–Crippen LogP) is 1.31. The largest absolute Gasteiger partial charge is 0.497 e. The summed E-state index contributed by atoms with van der Waals surface area (Å²) in [5, 5.41) is 0. The van der Waals surface area contributed by atoms with Crippen LogP contribution in [0.5, 0.6) is 5.75 Å². The molecule has 1 aromatic rings. The van der Waals surface area contributed by atoms with E-state index in [-0.39, 0.29) is 5.75 Å². The third-order valence-corrected chi connectivity index (χ3v) is 4.98. The van der Waals surface area contributed by atoms with Crippen molar-refractivity contribution in [1.82, 2.24) is 4.72 Å². The van der Waals surface area contributed by atoms with Crippen LogP contribution in [0, 0.1) is 0 Å². The summed E-state index contributed by atoms with van der Waals surface area (Å²) in [4.78, 5) is 0. The molecule has 0 bridgehead atoms. The van der Waals surface area contributed by atoms with E-state index in [9.17, 15) is 8.42 Å². The molecule has 0 aliphatic carbocycles. The van der Waals surface area contributed by atoms with Gasteiger partial charge in [0.2, 0.25) is 10.0 Å². The van der Waals surface area contributed by atoms with E-state index in [0.717, 1.165) is 11.3 Å². The van der Waals surface area contributed by atoms with Gasteiger partial charge in [-0.05, 0) is 31.0 Å². The molecule has 1 fully saturated rings. The van der Waals surface area contributed by atoms with Gasteiger partial charge in [0.05, 0.1) is 26.1 Å². The zero-order valence-corrected chi connectivity index (χ0v) is 13.8. The van der Waals surface area contributed by atoms with Crippen molar-refractivity contribution in [2.45, 2.75) is 25.6 Å². The van der Waals surface area contributed by atoms with Crippen molar-refractivity contribution in [2.24, 2.45) is 0 Å². The third-order valence-electron chi connectivity index (χ3n) is 3.59. The fourth-order valence-corrected chi connectivity index (χ4v) is 3.35. The fraction of sp³-hybridized carbons (Fsp3) is 0.600. The quantitative estimate of drug-likeness (QED) is 0.778. The molecule has 1 aliphatic heterocycles. The Bertz CT molecular complexity index is 581. The number of sulfonamides is 1. The van der Waals surface area contributed by atoms with Crippen molar-refractivity contribution in [3.8, 4) is 5.75 Å². The van der Waals surface area contributed by atoms with Gasteiger partial charge in [0.25, 0.3) is 0 Å². The highest BCUT2D eigenvalue weighted by Crippen LogP contribution is 2.21. The molecule has 0 saturated carbocycles. The number of ether oxygens (including phenoxy) is 3. The average Bonchev–Trinajstić information content (AvgIpc) is 2.92. The molecular weight excluding hydrogens is 306 g/mol. The molecule has 1 aromatic carbocycles. The molecule has 0 radical (unpaired) electrons. The summed E-state index contributed by atoms with van der Waals surface area (Å²) in [6.07, 6.45) is 0.933. The minimum absolute atomic E-state index is 0.0403. The van der Waals surface area contributed by atoms with Gasteiger partial charge in [0, 0.05) is 13.0 Å². The molecule has 0 aromatic heterocycles. The van der Waals surface area contributed by atoms with E-state index in [1.807, 2.05) is 31.2 Å². The normalized spacial score (nSPS) is 17.5. The summed E-state index contributed by atoms with van der Waals surface area (Å²) in [6.45, 7) is 3.24. The zero-order chi connectivity index (χ0) is 16.1. The van der Waals surface area contributed by atoms with E-state index in [2.05, 4.69) is 4.72 Å². The molecular formula is C15H23NO5S. The first-order chi connectivity index (χ1) is 10.4. The lowest BCUT2D eigenvalue weighted by molar-refractivity contribution is -0.145. The van der Waals surface area contributed by atoms with Gasteiger partial charge in [-0.15, -0.1) is 0 Å². The molecule has 0 amide bonds. The number of hydrogen-bond donors (Lipinski definition) is 1. The van der Waals surface area contributed by atoms with Gasteiger partial charge in [-0.3, -0.25) is 0 Å². The van der Waals surface area contributed by atoms with Crippen LogP contribution in [0.1, 0.15) is 18.9 Å². The van der Waals surface area contributed by atoms with E-state index in [1.54, 1.807) is 7.11 Å².